The summed E-state index contributed by atoms with van der Waals surface area (Å²) in [4.78, 5) is 12.6. The zero-order chi connectivity index (χ0) is 17.8. The van der Waals surface area contributed by atoms with Crippen molar-refractivity contribution in [3.05, 3.63) is 71.8 Å². The molecule has 3 rings (SSSR count). The maximum absolute atomic E-state index is 12.6. The minimum absolute atomic E-state index is 0.126. The van der Waals surface area contributed by atoms with E-state index < -0.39 is 6.10 Å². The molecule has 1 N–H and O–H groups in total. The van der Waals surface area contributed by atoms with E-state index in [9.17, 15) is 4.79 Å². The number of hydrogen-bond donors (Lipinski definition) is 1. The Morgan fingerprint density at radius 2 is 1.76 bits per heavy atom. The Morgan fingerprint density at radius 1 is 1.00 bits per heavy atom. The third-order valence-electron chi connectivity index (χ3n) is 4.50. The summed E-state index contributed by atoms with van der Waals surface area (Å²) >= 11 is 0. The molecule has 1 atom stereocenters. The third kappa shape index (κ3) is 3.82. The summed E-state index contributed by atoms with van der Waals surface area (Å²) in [7, 11) is 0. The molecule has 0 saturated carbocycles. The van der Waals surface area contributed by atoms with Crippen LogP contribution in [0.3, 0.4) is 0 Å². The van der Waals surface area contributed by atoms with E-state index in [1.165, 1.54) is 0 Å². The average molecular weight is 333 g/mol. The van der Waals surface area contributed by atoms with Crippen molar-refractivity contribution in [2.24, 2.45) is 0 Å². The molecule has 0 heterocycles. The number of rotatable bonds is 5. The summed E-state index contributed by atoms with van der Waals surface area (Å²) in [5.41, 5.74) is 3.01. The first-order valence-electron chi connectivity index (χ1n) is 8.61. The molecule has 128 valence electrons. The van der Waals surface area contributed by atoms with Gasteiger partial charge in [-0.05, 0) is 60.4 Å². The molecular weight excluding hydrogens is 310 g/mol. The fourth-order valence-corrected chi connectivity index (χ4v) is 2.82. The molecule has 1 amide bonds. The number of ether oxygens (including phenoxy) is 1. The number of aryl methyl sites for hydroxylation is 1. The smallest absolute Gasteiger partial charge is 0.265 e. The Labute approximate surface area is 148 Å². The van der Waals surface area contributed by atoms with Gasteiger partial charge in [-0.3, -0.25) is 4.79 Å². The lowest BCUT2D eigenvalue weighted by Crippen LogP contribution is -2.32. The predicted octanol–water partition coefficient (Wildman–Crippen LogP) is 5.25. The van der Waals surface area contributed by atoms with Crippen molar-refractivity contribution in [3.63, 3.8) is 0 Å². The average Bonchev–Trinajstić information content (AvgIpc) is 2.62. The van der Waals surface area contributed by atoms with Gasteiger partial charge in [-0.2, -0.15) is 0 Å². The molecule has 0 saturated heterocycles. The summed E-state index contributed by atoms with van der Waals surface area (Å²) in [6, 6.07) is 19.9. The van der Waals surface area contributed by atoms with Crippen molar-refractivity contribution in [2.75, 3.05) is 5.32 Å². The quantitative estimate of drug-likeness (QED) is 0.692. The summed E-state index contributed by atoms with van der Waals surface area (Å²) in [6.45, 7) is 6.01. The van der Waals surface area contributed by atoms with Gasteiger partial charge < -0.3 is 10.1 Å². The van der Waals surface area contributed by atoms with Crippen LogP contribution in [-0.2, 0) is 4.79 Å². The van der Waals surface area contributed by atoms with Gasteiger partial charge in [0.1, 0.15) is 5.75 Å². The third-order valence-corrected chi connectivity index (χ3v) is 4.50. The number of hydrogen-bond acceptors (Lipinski definition) is 2. The SMILES string of the molecule is CCC(Oc1cccc(C)c1C)C(=O)Nc1ccc2ccccc2c1. The lowest BCUT2D eigenvalue weighted by atomic mass is 10.1. The Hall–Kier alpha value is -2.81. The highest BCUT2D eigenvalue weighted by molar-refractivity contribution is 5.96. The highest BCUT2D eigenvalue weighted by atomic mass is 16.5. The summed E-state index contributed by atoms with van der Waals surface area (Å²) in [5, 5.41) is 5.23. The number of fused-ring (bicyclic) bond motifs is 1. The molecule has 3 aromatic carbocycles. The largest absolute Gasteiger partial charge is 0.480 e. The van der Waals surface area contributed by atoms with Gasteiger partial charge in [0.05, 0.1) is 0 Å². The highest BCUT2D eigenvalue weighted by Gasteiger charge is 2.19. The normalized spacial score (nSPS) is 12.0. The van der Waals surface area contributed by atoms with Crippen LogP contribution in [0.2, 0.25) is 0 Å². The fourth-order valence-electron chi connectivity index (χ4n) is 2.82. The summed E-state index contributed by atoms with van der Waals surface area (Å²) in [6.07, 6.45) is 0.0826. The van der Waals surface area contributed by atoms with E-state index in [1.807, 2.05) is 75.4 Å². The Bertz CT molecular complexity index is 901. The lowest BCUT2D eigenvalue weighted by Gasteiger charge is -2.19. The van der Waals surface area contributed by atoms with Crippen molar-refractivity contribution in [3.8, 4) is 5.75 Å². The van der Waals surface area contributed by atoms with Crippen LogP contribution >= 0.6 is 0 Å². The van der Waals surface area contributed by atoms with E-state index in [2.05, 4.69) is 11.4 Å². The zero-order valence-corrected chi connectivity index (χ0v) is 14.9. The van der Waals surface area contributed by atoms with E-state index in [0.29, 0.717) is 6.42 Å². The molecule has 1 unspecified atom stereocenters. The van der Waals surface area contributed by atoms with E-state index in [-0.39, 0.29) is 5.91 Å². The van der Waals surface area contributed by atoms with Gasteiger partial charge in [-0.15, -0.1) is 0 Å². The van der Waals surface area contributed by atoms with Crippen molar-refractivity contribution >= 4 is 22.4 Å². The first-order chi connectivity index (χ1) is 12.1. The van der Waals surface area contributed by atoms with Gasteiger partial charge in [0.2, 0.25) is 0 Å². The molecule has 0 aromatic heterocycles. The Balaban J connectivity index is 1.76. The van der Waals surface area contributed by atoms with Crippen molar-refractivity contribution in [2.45, 2.75) is 33.3 Å². The minimum atomic E-state index is -0.521. The summed E-state index contributed by atoms with van der Waals surface area (Å²) < 4.78 is 5.98. The second-order valence-electron chi connectivity index (χ2n) is 6.26. The van der Waals surface area contributed by atoms with Crippen LogP contribution in [0.15, 0.2) is 60.7 Å². The van der Waals surface area contributed by atoms with Gasteiger partial charge in [0.25, 0.3) is 5.91 Å². The molecule has 0 radical (unpaired) electrons. The lowest BCUT2D eigenvalue weighted by molar-refractivity contribution is -0.122. The molecule has 0 spiro atoms. The number of amides is 1. The Kier molecular flexibility index (Phi) is 5.03. The van der Waals surface area contributed by atoms with E-state index in [0.717, 1.165) is 33.3 Å². The predicted molar refractivity (Wildman–Crippen MR) is 103 cm³/mol. The van der Waals surface area contributed by atoms with Gasteiger partial charge in [-0.25, -0.2) is 0 Å². The molecule has 0 fully saturated rings. The molecule has 0 aliphatic heterocycles. The first-order valence-corrected chi connectivity index (χ1v) is 8.61. The molecule has 3 heteroatoms. The molecule has 25 heavy (non-hydrogen) atoms. The van der Waals surface area contributed by atoms with Gasteiger partial charge in [0.15, 0.2) is 6.10 Å². The minimum Gasteiger partial charge on any atom is -0.480 e. The molecule has 0 bridgehead atoms. The number of benzene rings is 3. The number of anilines is 1. The van der Waals surface area contributed by atoms with Crippen LogP contribution in [-0.4, -0.2) is 12.0 Å². The number of carbonyl (C=O) groups excluding carboxylic acids is 1. The van der Waals surface area contributed by atoms with E-state index in [1.54, 1.807) is 0 Å². The van der Waals surface area contributed by atoms with Crippen molar-refractivity contribution < 1.29 is 9.53 Å². The molecular formula is C22H23NO2. The summed E-state index contributed by atoms with van der Waals surface area (Å²) in [5.74, 6) is 0.638. The standard InChI is InChI=1S/C22H23NO2/c1-4-20(25-21-11-7-8-15(2)16(21)3)22(24)23-19-13-12-17-9-5-6-10-18(17)14-19/h5-14,20H,4H2,1-3H3,(H,23,24). The zero-order valence-electron chi connectivity index (χ0n) is 14.9. The van der Waals surface area contributed by atoms with Crippen LogP contribution in [0.25, 0.3) is 10.8 Å². The molecule has 3 nitrogen and oxygen atoms in total. The molecule has 0 aliphatic rings. The van der Waals surface area contributed by atoms with Crippen LogP contribution in [0, 0.1) is 13.8 Å². The number of nitrogens with one attached hydrogen (secondary N) is 1. The van der Waals surface area contributed by atoms with Crippen LogP contribution in [0.1, 0.15) is 24.5 Å². The fraction of sp³-hybridized carbons (Fsp3) is 0.227. The van der Waals surface area contributed by atoms with E-state index >= 15 is 0 Å². The van der Waals surface area contributed by atoms with Gasteiger partial charge in [0, 0.05) is 5.69 Å². The molecule has 3 aromatic rings. The maximum Gasteiger partial charge on any atom is 0.265 e. The van der Waals surface area contributed by atoms with Crippen LogP contribution in [0.5, 0.6) is 5.75 Å². The highest BCUT2D eigenvalue weighted by Crippen LogP contribution is 2.23. The monoisotopic (exact) mass is 333 g/mol. The maximum atomic E-state index is 12.6. The first kappa shape index (κ1) is 17.0. The second-order valence-corrected chi connectivity index (χ2v) is 6.26. The van der Waals surface area contributed by atoms with Crippen LogP contribution < -0.4 is 10.1 Å². The topological polar surface area (TPSA) is 38.3 Å². The molecule has 0 aliphatic carbocycles. The Morgan fingerprint density at radius 3 is 2.52 bits per heavy atom. The van der Waals surface area contributed by atoms with Gasteiger partial charge in [-0.1, -0.05) is 49.4 Å². The number of carbonyl (C=O) groups is 1. The van der Waals surface area contributed by atoms with E-state index in [4.69, 9.17) is 4.74 Å². The van der Waals surface area contributed by atoms with Crippen LogP contribution in [0.4, 0.5) is 5.69 Å². The van der Waals surface area contributed by atoms with Crippen molar-refractivity contribution in [1.29, 1.82) is 0 Å². The second kappa shape index (κ2) is 7.39. The van der Waals surface area contributed by atoms with Gasteiger partial charge >= 0.3 is 0 Å². The van der Waals surface area contributed by atoms with Crippen molar-refractivity contribution in [1.82, 2.24) is 0 Å².